The quantitative estimate of drug-likeness (QED) is 0.812. The van der Waals surface area contributed by atoms with E-state index in [9.17, 15) is 14.4 Å². The van der Waals surface area contributed by atoms with Crippen molar-refractivity contribution in [2.45, 2.75) is 51.0 Å². The Balaban J connectivity index is 1.47. The van der Waals surface area contributed by atoms with E-state index in [4.69, 9.17) is 5.11 Å². The SMILES string of the molecule is O=C(O)C1CCCN(C(=O)N[C@H]2CC[C@@H](C(=O)N3CCCC3)C2)C1. The summed E-state index contributed by atoms with van der Waals surface area (Å²) in [6.07, 6.45) is 5.91. The van der Waals surface area contributed by atoms with Crippen LogP contribution in [-0.2, 0) is 9.59 Å². The van der Waals surface area contributed by atoms with Crippen LogP contribution in [0.15, 0.2) is 0 Å². The van der Waals surface area contributed by atoms with Gasteiger partial charge in [-0.05, 0) is 44.9 Å². The first-order valence-electron chi connectivity index (χ1n) is 9.11. The molecule has 3 atom stereocenters. The molecule has 3 fully saturated rings. The molecule has 0 spiro atoms. The molecule has 0 radical (unpaired) electrons. The summed E-state index contributed by atoms with van der Waals surface area (Å²) in [6, 6.07) is -0.153. The van der Waals surface area contributed by atoms with Gasteiger partial charge in [0, 0.05) is 38.1 Å². The second kappa shape index (κ2) is 7.40. The first-order chi connectivity index (χ1) is 11.5. The zero-order chi connectivity index (χ0) is 17.1. The van der Waals surface area contributed by atoms with Crippen molar-refractivity contribution in [1.29, 1.82) is 0 Å². The summed E-state index contributed by atoms with van der Waals surface area (Å²) < 4.78 is 0. The van der Waals surface area contributed by atoms with E-state index in [1.165, 1.54) is 0 Å². The van der Waals surface area contributed by atoms with Gasteiger partial charge in [0.15, 0.2) is 0 Å². The molecule has 7 heteroatoms. The van der Waals surface area contributed by atoms with Crippen LogP contribution in [0.2, 0.25) is 0 Å². The molecule has 0 aromatic heterocycles. The Morgan fingerprint density at radius 3 is 2.29 bits per heavy atom. The summed E-state index contributed by atoms with van der Waals surface area (Å²) in [5.41, 5.74) is 0. The van der Waals surface area contributed by atoms with E-state index >= 15 is 0 Å². The van der Waals surface area contributed by atoms with Crippen molar-refractivity contribution in [3.8, 4) is 0 Å². The normalized spacial score (nSPS) is 30.4. The predicted molar refractivity (Wildman–Crippen MR) is 87.4 cm³/mol. The van der Waals surface area contributed by atoms with Crippen LogP contribution >= 0.6 is 0 Å². The molecule has 2 saturated heterocycles. The molecule has 3 rings (SSSR count). The van der Waals surface area contributed by atoms with Gasteiger partial charge in [0.05, 0.1) is 5.92 Å². The minimum Gasteiger partial charge on any atom is -0.481 e. The molecule has 1 aliphatic carbocycles. The predicted octanol–water partition coefficient (Wildman–Crippen LogP) is 1.28. The van der Waals surface area contributed by atoms with Crippen molar-refractivity contribution in [3.63, 3.8) is 0 Å². The number of aliphatic carboxylic acids is 1. The summed E-state index contributed by atoms with van der Waals surface area (Å²) in [5.74, 6) is -1.02. The summed E-state index contributed by atoms with van der Waals surface area (Å²) >= 11 is 0. The highest BCUT2D eigenvalue weighted by molar-refractivity contribution is 5.80. The number of carbonyl (C=O) groups is 3. The van der Waals surface area contributed by atoms with E-state index in [2.05, 4.69) is 5.32 Å². The van der Waals surface area contributed by atoms with Crippen molar-refractivity contribution in [2.75, 3.05) is 26.2 Å². The van der Waals surface area contributed by atoms with Crippen molar-refractivity contribution < 1.29 is 19.5 Å². The van der Waals surface area contributed by atoms with Gasteiger partial charge in [0.25, 0.3) is 0 Å². The third kappa shape index (κ3) is 3.82. The van der Waals surface area contributed by atoms with Crippen LogP contribution in [0.25, 0.3) is 0 Å². The maximum absolute atomic E-state index is 12.4. The average Bonchev–Trinajstić information content (AvgIpc) is 3.26. The fourth-order valence-corrected chi connectivity index (χ4v) is 4.16. The number of piperidine rings is 1. The largest absolute Gasteiger partial charge is 0.481 e. The number of nitrogens with zero attached hydrogens (tertiary/aromatic N) is 2. The van der Waals surface area contributed by atoms with Crippen molar-refractivity contribution >= 4 is 17.9 Å². The number of carboxylic acids is 1. The zero-order valence-corrected chi connectivity index (χ0v) is 14.1. The summed E-state index contributed by atoms with van der Waals surface area (Å²) in [4.78, 5) is 39.5. The van der Waals surface area contributed by atoms with Gasteiger partial charge in [-0.3, -0.25) is 9.59 Å². The second-order valence-electron chi connectivity index (χ2n) is 7.31. The maximum atomic E-state index is 12.4. The Hall–Kier alpha value is -1.79. The number of likely N-dealkylation sites (tertiary alicyclic amines) is 2. The highest BCUT2D eigenvalue weighted by Gasteiger charge is 2.35. The molecule has 0 aromatic rings. The number of hydrogen-bond donors (Lipinski definition) is 2. The van der Waals surface area contributed by atoms with E-state index in [0.717, 1.165) is 45.2 Å². The highest BCUT2D eigenvalue weighted by Crippen LogP contribution is 2.29. The number of nitrogens with one attached hydrogen (secondary N) is 1. The summed E-state index contributed by atoms with van der Waals surface area (Å²) in [6.45, 7) is 2.63. The molecule has 24 heavy (non-hydrogen) atoms. The van der Waals surface area contributed by atoms with Crippen LogP contribution in [0.1, 0.15) is 44.9 Å². The number of rotatable bonds is 3. The van der Waals surface area contributed by atoms with E-state index in [1.807, 2.05) is 4.90 Å². The molecule has 0 bridgehead atoms. The lowest BCUT2D eigenvalue weighted by molar-refractivity contribution is -0.143. The van der Waals surface area contributed by atoms with E-state index in [0.29, 0.717) is 19.4 Å². The maximum Gasteiger partial charge on any atom is 0.317 e. The number of hydrogen-bond acceptors (Lipinski definition) is 3. The lowest BCUT2D eigenvalue weighted by atomic mass is 9.99. The van der Waals surface area contributed by atoms with Crippen LogP contribution in [0.3, 0.4) is 0 Å². The van der Waals surface area contributed by atoms with Gasteiger partial charge >= 0.3 is 12.0 Å². The molecule has 7 nitrogen and oxygen atoms in total. The number of urea groups is 1. The van der Waals surface area contributed by atoms with Crippen LogP contribution < -0.4 is 5.32 Å². The number of carbonyl (C=O) groups excluding carboxylic acids is 2. The van der Waals surface area contributed by atoms with Crippen molar-refractivity contribution in [2.24, 2.45) is 11.8 Å². The molecule has 3 aliphatic rings. The Labute approximate surface area is 142 Å². The van der Waals surface area contributed by atoms with Crippen LogP contribution in [0, 0.1) is 11.8 Å². The first kappa shape index (κ1) is 17.0. The van der Waals surface area contributed by atoms with Gasteiger partial charge in [-0.1, -0.05) is 0 Å². The van der Waals surface area contributed by atoms with Crippen molar-refractivity contribution in [3.05, 3.63) is 0 Å². The number of amides is 3. The van der Waals surface area contributed by atoms with Gasteiger partial charge in [-0.25, -0.2) is 4.79 Å². The van der Waals surface area contributed by atoms with Gasteiger partial charge in [-0.15, -0.1) is 0 Å². The zero-order valence-electron chi connectivity index (χ0n) is 14.1. The van der Waals surface area contributed by atoms with Gasteiger partial charge < -0.3 is 20.2 Å². The van der Waals surface area contributed by atoms with E-state index in [1.54, 1.807) is 4.90 Å². The third-order valence-electron chi connectivity index (χ3n) is 5.59. The Morgan fingerprint density at radius 1 is 0.875 bits per heavy atom. The summed E-state index contributed by atoms with van der Waals surface area (Å²) in [7, 11) is 0. The Kier molecular flexibility index (Phi) is 5.26. The van der Waals surface area contributed by atoms with Crippen LogP contribution in [0.5, 0.6) is 0 Å². The minimum absolute atomic E-state index is 0.0271. The van der Waals surface area contributed by atoms with Gasteiger partial charge in [-0.2, -0.15) is 0 Å². The minimum atomic E-state index is -0.829. The molecule has 2 N–H and O–H groups in total. The van der Waals surface area contributed by atoms with Crippen LogP contribution in [0.4, 0.5) is 4.79 Å². The van der Waals surface area contributed by atoms with Crippen LogP contribution in [-0.4, -0.2) is 65.0 Å². The molecule has 3 amide bonds. The monoisotopic (exact) mass is 337 g/mol. The lowest BCUT2D eigenvalue weighted by Gasteiger charge is -2.31. The number of carboxylic acid groups (broad SMARTS) is 1. The molecular formula is C17H27N3O4. The van der Waals surface area contributed by atoms with Crippen molar-refractivity contribution in [1.82, 2.24) is 15.1 Å². The smallest absolute Gasteiger partial charge is 0.317 e. The average molecular weight is 337 g/mol. The molecule has 2 heterocycles. The fraction of sp³-hybridized carbons (Fsp3) is 0.824. The topological polar surface area (TPSA) is 90.0 Å². The lowest BCUT2D eigenvalue weighted by Crippen LogP contribution is -2.49. The fourth-order valence-electron chi connectivity index (χ4n) is 4.16. The molecule has 0 aromatic carbocycles. The highest BCUT2D eigenvalue weighted by atomic mass is 16.4. The molecular weight excluding hydrogens is 310 g/mol. The second-order valence-corrected chi connectivity index (χ2v) is 7.31. The third-order valence-corrected chi connectivity index (χ3v) is 5.59. The summed E-state index contributed by atoms with van der Waals surface area (Å²) in [5, 5.41) is 12.1. The molecule has 134 valence electrons. The van der Waals surface area contributed by atoms with Gasteiger partial charge in [0.1, 0.15) is 0 Å². The standard InChI is InChI=1S/C17H27N3O4/c21-15(19-7-1-2-8-19)12-5-6-14(10-12)18-17(24)20-9-3-4-13(11-20)16(22)23/h12-14H,1-11H2,(H,18,24)(H,22,23)/t12-,13?,14+/m1/s1. The molecule has 1 unspecified atom stereocenters. The Morgan fingerprint density at radius 2 is 1.58 bits per heavy atom. The van der Waals surface area contributed by atoms with E-state index < -0.39 is 11.9 Å². The molecule has 1 saturated carbocycles. The molecule has 2 aliphatic heterocycles. The first-order valence-corrected chi connectivity index (χ1v) is 9.11. The Bertz CT molecular complexity index is 504. The van der Waals surface area contributed by atoms with Gasteiger partial charge in [0.2, 0.25) is 5.91 Å². The van der Waals surface area contributed by atoms with E-state index in [-0.39, 0.29) is 30.4 Å².